The van der Waals surface area contributed by atoms with Crippen molar-refractivity contribution < 1.29 is 62.4 Å². The Labute approximate surface area is 317 Å². The first kappa shape index (κ1) is 36.8. The van der Waals surface area contributed by atoms with Gasteiger partial charge in [0.25, 0.3) is 0 Å². The van der Waals surface area contributed by atoms with Crippen LogP contribution in [0.4, 0.5) is 0 Å². The Balaban J connectivity index is 0.938. The zero-order valence-corrected chi connectivity index (χ0v) is 31.5. The lowest BCUT2D eigenvalue weighted by atomic mass is 9.79. The standard InChI is InChI=1S/C41H58O13/c1-18-11-22-5-7-26-19(2)12-24(45-26)9-10-41-16-31-37(53-41)38-39(50-31)40(54-41)36-27(49-38)8-6-23(47-36)13-33(44)52-35-21(4)34-29(14-25(43)32(17-42)51-34)48-30(35)15-28(46-22)20(18)3/h18,21-32,34-40,42-43H,2-3,5-17H2,1,4H3/t18-,21+,22+,23-,24+,25+,26+,27+,28-,29+,30+,31+,32-,34+,35-,36+,37+,38?,39-,40+,41+/m1/s1. The van der Waals surface area contributed by atoms with Crippen molar-refractivity contribution >= 4 is 5.97 Å². The Kier molecular flexibility index (Phi) is 9.62. The summed E-state index contributed by atoms with van der Waals surface area (Å²) >= 11 is 0. The monoisotopic (exact) mass is 758 g/mol. The van der Waals surface area contributed by atoms with Crippen LogP contribution in [0, 0.1) is 11.8 Å². The fourth-order valence-electron chi connectivity index (χ4n) is 11.7. The summed E-state index contributed by atoms with van der Waals surface area (Å²) in [6.07, 6.45) is 1.52. The Hall–Kier alpha value is -1.49. The van der Waals surface area contributed by atoms with Crippen molar-refractivity contribution in [3.8, 4) is 0 Å². The molecule has 0 aromatic rings. The van der Waals surface area contributed by atoms with Crippen molar-refractivity contribution in [2.75, 3.05) is 6.61 Å². The first-order valence-electron chi connectivity index (χ1n) is 20.8. The molecule has 0 saturated carbocycles. The highest BCUT2D eigenvalue weighted by Gasteiger charge is 2.69. The molecule has 300 valence electrons. The van der Waals surface area contributed by atoms with Crippen molar-refractivity contribution in [1.29, 1.82) is 0 Å². The summed E-state index contributed by atoms with van der Waals surface area (Å²) in [6.45, 7) is 12.8. The fraction of sp³-hybridized carbons (Fsp3) is 0.878. The first-order chi connectivity index (χ1) is 26.0. The lowest BCUT2D eigenvalue weighted by Gasteiger charge is -2.51. The summed E-state index contributed by atoms with van der Waals surface area (Å²) in [6, 6.07) is 0. The van der Waals surface area contributed by atoms with Gasteiger partial charge in [0, 0.05) is 31.6 Å². The minimum absolute atomic E-state index is 0.000828. The Morgan fingerprint density at radius 1 is 0.667 bits per heavy atom. The van der Waals surface area contributed by atoms with Gasteiger partial charge in [0.15, 0.2) is 5.79 Å². The molecule has 12 bridgehead atoms. The average Bonchev–Trinajstić information content (AvgIpc) is 3.73. The van der Waals surface area contributed by atoms with E-state index in [1.54, 1.807) is 0 Å². The summed E-state index contributed by atoms with van der Waals surface area (Å²) < 4.78 is 66.5. The zero-order chi connectivity index (χ0) is 37.0. The second-order valence-electron chi connectivity index (χ2n) is 18.1. The molecule has 0 aromatic carbocycles. The fourth-order valence-corrected chi connectivity index (χ4v) is 11.7. The quantitative estimate of drug-likeness (QED) is 0.298. The number of aliphatic hydroxyl groups excluding tert-OH is 2. The molecule has 11 saturated heterocycles. The van der Waals surface area contributed by atoms with Crippen molar-refractivity contribution in [2.24, 2.45) is 11.8 Å². The number of aliphatic hydroxyl groups is 2. The van der Waals surface area contributed by atoms with Crippen LogP contribution in [-0.2, 0) is 52.2 Å². The number of fused-ring (bicyclic) bond motifs is 7. The van der Waals surface area contributed by atoms with E-state index in [1.165, 1.54) is 0 Å². The summed E-state index contributed by atoms with van der Waals surface area (Å²) in [5, 5.41) is 20.7. The van der Waals surface area contributed by atoms with Gasteiger partial charge in [-0.3, -0.25) is 4.79 Å². The molecule has 0 radical (unpaired) electrons. The number of hydrogen-bond donors (Lipinski definition) is 2. The van der Waals surface area contributed by atoms with E-state index in [0.717, 1.165) is 49.7 Å². The van der Waals surface area contributed by atoms with Crippen LogP contribution in [-0.4, -0.2) is 138 Å². The van der Waals surface area contributed by atoms with Crippen LogP contribution >= 0.6 is 0 Å². The Morgan fingerprint density at radius 2 is 1.41 bits per heavy atom. The van der Waals surface area contributed by atoms with Gasteiger partial charge in [0.2, 0.25) is 0 Å². The third kappa shape index (κ3) is 6.36. The second kappa shape index (κ2) is 14.1. The molecule has 0 aliphatic carbocycles. The van der Waals surface area contributed by atoms with Crippen LogP contribution in [0.1, 0.15) is 90.9 Å². The van der Waals surface area contributed by atoms with Gasteiger partial charge in [-0.15, -0.1) is 0 Å². The normalized spacial score (nSPS) is 55.7. The molecule has 11 heterocycles. The third-order valence-electron chi connectivity index (χ3n) is 14.6. The molecule has 1 unspecified atom stereocenters. The molecule has 11 aliphatic rings. The van der Waals surface area contributed by atoms with E-state index in [4.69, 9.17) is 47.4 Å². The highest BCUT2D eigenvalue weighted by Crippen LogP contribution is 2.54. The SMILES string of the molecule is C=C1C[C@@H]2CC[C@@]34C[C@@H]5O[C@@H]6C(O[C@H]7CC[C@H](CC(=O)O[C@@H]8[C@@H](C)[C@@H]9O[C@H](CO)[C@@H](O)C[C@@H]9O[C@H]8C[C@H]8O[C@@H](CC[C@@H]1O2)C[C@@H](C)C8=C)O[C@@H]7[C@@H]6O3)[C@H]5O4. The number of ether oxygens (including phenoxy) is 10. The van der Waals surface area contributed by atoms with Gasteiger partial charge in [-0.1, -0.05) is 27.0 Å². The van der Waals surface area contributed by atoms with Crippen molar-refractivity contribution in [3.05, 3.63) is 24.3 Å². The molecule has 2 N–H and O–H groups in total. The van der Waals surface area contributed by atoms with Gasteiger partial charge in [-0.05, 0) is 62.0 Å². The van der Waals surface area contributed by atoms with Crippen molar-refractivity contribution in [2.45, 2.75) is 207 Å². The molecule has 54 heavy (non-hydrogen) atoms. The lowest BCUT2D eigenvalue weighted by molar-refractivity contribution is -0.293. The molecule has 21 atom stereocenters. The molecule has 1 spiro atoms. The lowest BCUT2D eigenvalue weighted by Crippen LogP contribution is -2.62. The minimum atomic E-state index is -0.863. The van der Waals surface area contributed by atoms with E-state index < -0.39 is 54.6 Å². The topological polar surface area (TPSA) is 150 Å². The van der Waals surface area contributed by atoms with E-state index in [-0.39, 0.29) is 91.9 Å². The van der Waals surface area contributed by atoms with Crippen LogP contribution < -0.4 is 0 Å². The Bertz CT molecular complexity index is 1470. The van der Waals surface area contributed by atoms with Gasteiger partial charge in [0.05, 0.1) is 80.2 Å². The van der Waals surface area contributed by atoms with Crippen LogP contribution in [0.25, 0.3) is 0 Å². The van der Waals surface area contributed by atoms with Crippen molar-refractivity contribution in [3.63, 3.8) is 0 Å². The molecular formula is C41H58O13. The van der Waals surface area contributed by atoms with Crippen LogP contribution in [0.3, 0.4) is 0 Å². The molecule has 13 heteroatoms. The maximum Gasteiger partial charge on any atom is 0.308 e. The predicted octanol–water partition coefficient (Wildman–Crippen LogP) is 3.20. The second-order valence-corrected chi connectivity index (χ2v) is 18.1. The van der Waals surface area contributed by atoms with Gasteiger partial charge < -0.3 is 57.6 Å². The molecule has 11 fully saturated rings. The summed E-state index contributed by atoms with van der Waals surface area (Å²) in [5.74, 6) is -1.22. The summed E-state index contributed by atoms with van der Waals surface area (Å²) in [7, 11) is 0. The average molecular weight is 759 g/mol. The van der Waals surface area contributed by atoms with Crippen molar-refractivity contribution in [1.82, 2.24) is 0 Å². The molecule has 11 rings (SSSR count). The summed E-state index contributed by atoms with van der Waals surface area (Å²) in [4.78, 5) is 14.0. The molecular weight excluding hydrogens is 700 g/mol. The maximum absolute atomic E-state index is 14.0. The van der Waals surface area contributed by atoms with E-state index in [0.29, 0.717) is 32.1 Å². The van der Waals surface area contributed by atoms with Gasteiger partial charge >= 0.3 is 5.97 Å². The molecule has 13 nitrogen and oxygen atoms in total. The van der Waals surface area contributed by atoms with Crippen LogP contribution in [0.5, 0.6) is 0 Å². The first-order valence-corrected chi connectivity index (χ1v) is 20.8. The van der Waals surface area contributed by atoms with E-state index in [1.807, 2.05) is 6.92 Å². The van der Waals surface area contributed by atoms with E-state index >= 15 is 0 Å². The van der Waals surface area contributed by atoms with Gasteiger partial charge in [0.1, 0.15) is 42.7 Å². The number of carbonyl (C=O) groups is 1. The third-order valence-corrected chi connectivity index (χ3v) is 14.6. The number of hydrogen-bond acceptors (Lipinski definition) is 13. The van der Waals surface area contributed by atoms with Gasteiger partial charge in [-0.2, -0.15) is 0 Å². The maximum atomic E-state index is 14.0. The zero-order valence-electron chi connectivity index (χ0n) is 31.5. The highest BCUT2D eigenvalue weighted by molar-refractivity contribution is 5.70. The molecule has 0 amide bonds. The number of rotatable bonds is 1. The van der Waals surface area contributed by atoms with E-state index in [2.05, 4.69) is 20.1 Å². The number of carbonyl (C=O) groups excluding carboxylic acids is 1. The summed E-state index contributed by atoms with van der Waals surface area (Å²) in [5.41, 5.74) is 2.13. The van der Waals surface area contributed by atoms with Gasteiger partial charge in [-0.25, -0.2) is 0 Å². The van der Waals surface area contributed by atoms with Crippen LogP contribution in [0.2, 0.25) is 0 Å². The van der Waals surface area contributed by atoms with E-state index in [9.17, 15) is 15.0 Å². The smallest absolute Gasteiger partial charge is 0.308 e. The van der Waals surface area contributed by atoms with Crippen LogP contribution in [0.15, 0.2) is 24.3 Å². The molecule has 11 aliphatic heterocycles. The minimum Gasteiger partial charge on any atom is -0.459 e. The number of esters is 1. The Morgan fingerprint density at radius 3 is 2.26 bits per heavy atom. The highest BCUT2D eigenvalue weighted by atomic mass is 16.8. The predicted molar refractivity (Wildman–Crippen MR) is 188 cm³/mol. The molecule has 0 aromatic heterocycles. The largest absolute Gasteiger partial charge is 0.459 e.